The molecular weight excluding hydrogens is 369 g/mol. The largest absolute Gasteiger partial charge is 0.331 e. The summed E-state index contributed by atoms with van der Waals surface area (Å²) in [5.41, 5.74) is -0.183. The molecule has 0 unspecified atom stereocenters. The molecule has 0 atom stereocenters. The van der Waals surface area contributed by atoms with E-state index in [1.54, 1.807) is 18.4 Å². The molecule has 130 valence electrons. The van der Waals surface area contributed by atoms with Crippen molar-refractivity contribution in [2.75, 3.05) is 5.32 Å². The van der Waals surface area contributed by atoms with Gasteiger partial charge in [-0.25, -0.2) is 9.18 Å². The van der Waals surface area contributed by atoms with Crippen molar-refractivity contribution >= 4 is 44.7 Å². The summed E-state index contributed by atoms with van der Waals surface area (Å²) in [6.07, 6.45) is 0. The van der Waals surface area contributed by atoms with E-state index >= 15 is 0 Å². The van der Waals surface area contributed by atoms with E-state index in [0.29, 0.717) is 15.9 Å². The molecule has 1 amide bonds. The second-order valence-corrected chi connectivity index (χ2v) is 6.55. The fraction of sp³-hybridized carbons (Fsp3) is 0.188. The van der Waals surface area contributed by atoms with E-state index in [2.05, 4.69) is 5.32 Å². The zero-order chi connectivity index (χ0) is 18.1. The van der Waals surface area contributed by atoms with Crippen molar-refractivity contribution in [2.24, 2.45) is 0 Å². The maximum absolute atomic E-state index is 13.2. The van der Waals surface area contributed by atoms with Crippen LogP contribution in [0, 0.1) is 5.82 Å². The maximum Gasteiger partial charge on any atom is 0.331 e. The SMILES string of the molecule is CCn1c(=O)c2sccc2n(CC(=O)Nc2ccc(F)c(Cl)c2)c1=O. The van der Waals surface area contributed by atoms with E-state index in [9.17, 15) is 18.8 Å². The molecule has 2 aromatic heterocycles. The molecule has 0 aliphatic carbocycles. The van der Waals surface area contributed by atoms with Gasteiger partial charge in [-0.1, -0.05) is 11.6 Å². The number of nitrogens with one attached hydrogen (secondary N) is 1. The fourth-order valence-corrected chi connectivity index (χ4v) is 3.51. The second-order valence-electron chi connectivity index (χ2n) is 5.23. The van der Waals surface area contributed by atoms with Gasteiger partial charge >= 0.3 is 5.69 Å². The number of carbonyl (C=O) groups is 1. The van der Waals surface area contributed by atoms with E-state index in [1.165, 1.54) is 28.0 Å². The van der Waals surface area contributed by atoms with Gasteiger partial charge in [0.15, 0.2) is 0 Å². The minimum Gasteiger partial charge on any atom is -0.324 e. The van der Waals surface area contributed by atoms with Crippen LogP contribution in [0.5, 0.6) is 0 Å². The van der Waals surface area contributed by atoms with Crippen LogP contribution in [0.1, 0.15) is 6.92 Å². The first kappa shape index (κ1) is 17.4. The Balaban J connectivity index is 1.96. The Labute approximate surface area is 150 Å². The van der Waals surface area contributed by atoms with Gasteiger partial charge < -0.3 is 5.32 Å². The number of benzene rings is 1. The molecule has 25 heavy (non-hydrogen) atoms. The predicted octanol–water partition coefficient (Wildman–Crippen LogP) is 2.68. The fourth-order valence-electron chi connectivity index (χ4n) is 2.48. The molecule has 1 N–H and O–H groups in total. The summed E-state index contributed by atoms with van der Waals surface area (Å²) in [6.45, 7) is 1.62. The molecule has 2 heterocycles. The Kier molecular flexibility index (Phi) is 4.73. The lowest BCUT2D eigenvalue weighted by molar-refractivity contribution is -0.116. The average molecular weight is 382 g/mol. The standard InChI is InChI=1S/C16H13ClFN3O3S/c1-2-20-15(23)14-12(5-6-25-14)21(16(20)24)8-13(22)19-9-3-4-11(18)10(17)7-9/h3-7H,2,8H2,1H3,(H,19,22). The number of fused-ring (bicyclic) bond motifs is 1. The summed E-state index contributed by atoms with van der Waals surface area (Å²) in [5.74, 6) is -1.08. The third kappa shape index (κ3) is 3.22. The van der Waals surface area contributed by atoms with Gasteiger partial charge in [-0.05, 0) is 36.6 Å². The van der Waals surface area contributed by atoms with E-state index in [1.807, 2.05) is 0 Å². The van der Waals surface area contributed by atoms with Crippen LogP contribution in [0.25, 0.3) is 10.2 Å². The van der Waals surface area contributed by atoms with Gasteiger partial charge in [-0.3, -0.25) is 18.7 Å². The number of rotatable bonds is 4. The van der Waals surface area contributed by atoms with Crippen molar-refractivity contribution in [3.05, 3.63) is 61.3 Å². The molecule has 0 fully saturated rings. The topological polar surface area (TPSA) is 73.1 Å². The smallest absolute Gasteiger partial charge is 0.324 e. The molecular formula is C16H13ClFN3O3S. The van der Waals surface area contributed by atoms with Crippen molar-refractivity contribution in [1.82, 2.24) is 9.13 Å². The van der Waals surface area contributed by atoms with Crippen LogP contribution < -0.4 is 16.6 Å². The molecule has 9 heteroatoms. The molecule has 0 aliphatic rings. The number of hydrogen-bond donors (Lipinski definition) is 1. The van der Waals surface area contributed by atoms with Gasteiger partial charge in [0.2, 0.25) is 5.91 Å². The number of anilines is 1. The number of nitrogens with zero attached hydrogens (tertiary/aromatic N) is 2. The van der Waals surface area contributed by atoms with Crippen molar-refractivity contribution in [3.63, 3.8) is 0 Å². The van der Waals surface area contributed by atoms with Crippen LogP contribution in [0.4, 0.5) is 10.1 Å². The molecule has 0 aliphatic heterocycles. The first-order chi connectivity index (χ1) is 11.9. The lowest BCUT2D eigenvalue weighted by Gasteiger charge is -2.11. The van der Waals surface area contributed by atoms with Gasteiger partial charge in [0.05, 0.1) is 10.5 Å². The Morgan fingerprint density at radius 1 is 1.28 bits per heavy atom. The number of hydrogen-bond acceptors (Lipinski definition) is 4. The number of halogens is 2. The molecule has 6 nitrogen and oxygen atoms in total. The lowest BCUT2D eigenvalue weighted by atomic mass is 10.3. The maximum atomic E-state index is 13.2. The van der Waals surface area contributed by atoms with Crippen LogP contribution in [0.2, 0.25) is 5.02 Å². The van der Waals surface area contributed by atoms with E-state index in [0.717, 1.165) is 10.6 Å². The first-order valence-electron chi connectivity index (χ1n) is 7.38. The monoisotopic (exact) mass is 381 g/mol. The predicted molar refractivity (Wildman–Crippen MR) is 96.1 cm³/mol. The Morgan fingerprint density at radius 3 is 2.72 bits per heavy atom. The number of thiophene rings is 1. The zero-order valence-electron chi connectivity index (χ0n) is 13.1. The molecule has 0 radical (unpaired) electrons. The third-order valence-corrected chi connectivity index (χ3v) is 4.84. The molecule has 1 aromatic carbocycles. The Bertz CT molecular complexity index is 1090. The van der Waals surface area contributed by atoms with Crippen LogP contribution in [0.3, 0.4) is 0 Å². The van der Waals surface area contributed by atoms with Gasteiger partial charge in [-0.2, -0.15) is 0 Å². The van der Waals surface area contributed by atoms with E-state index in [-0.39, 0.29) is 23.7 Å². The van der Waals surface area contributed by atoms with Crippen molar-refractivity contribution in [3.8, 4) is 0 Å². The Hall–Kier alpha value is -2.45. The highest BCUT2D eigenvalue weighted by atomic mass is 35.5. The highest BCUT2D eigenvalue weighted by molar-refractivity contribution is 7.17. The molecule has 0 saturated carbocycles. The minimum absolute atomic E-state index is 0.116. The lowest BCUT2D eigenvalue weighted by Crippen LogP contribution is -2.40. The summed E-state index contributed by atoms with van der Waals surface area (Å²) in [6, 6.07) is 5.42. The van der Waals surface area contributed by atoms with Gasteiger partial charge in [0.25, 0.3) is 5.56 Å². The van der Waals surface area contributed by atoms with Crippen LogP contribution in [-0.2, 0) is 17.9 Å². The summed E-state index contributed by atoms with van der Waals surface area (Å²) in [4.78, 5) is 37.0. The number of amides is 1. The second kappa shape index (κ2) is 6.81. The van der Waals surface area contributed by atoms with E-state index in [4.69, 9.17) is 11.6 Å². The van der Waals surface area contributed by atoms with Crippen molar-refractivity contribution < 1.29 is 9.18 Å². The minimum atomic E-state index is -0.592. The molecule has 0 saturated heterocycles. The van der Waals surface area contributed by atoms with Crippen LogP contribution >= 0.6 is 22.9 Å². The molecule has 3 aromatic rings. The number of aromatic nitrogens is 2. The molecule has 0 bridgehead atoms. The summed E-state index contributed by atoms with van der Waals surface area (Å²) < 4.78 is 15.9. The Morgan fingerprint density at radius 2 is 2.04 bits per heavy atom. The summed E-state index contributed by atoms with van der Waals surface area (Å²) in [7, 11) is 0. The van der Waals surface area contributed by atoms with E-state index < -0.39 is 17.4 Å². The summed E-state index contributed by atoms with van der Waals surface area (Å²) in [5, 5.41) is 4.14. The zero-order valence-corrected chi connectivity index (χ0v) is 14.7. The number of carbonyl (C=O) groups excluding carboxylic acids is 1. The third-order valence-electron chi connectivity index (χ3n) is 3.66. The molecule has 3 rings (SSSR count). The van der Waals surface area contributed by atoms with Crippen molar-refractivity contribution in [1.29, 1.82) is 0 Å². The quantitative estimate of drug-likeness (QED) is 0.755. The van der Waals surface area contributed by atoms with Crippen LogP contribution in [-0.4, -0.2) is 15.0 Å². The van der Waals surface area contributed by atoms with Crippen LogP contribution in [0.15, 0.2) is 39.2 Å². The average Bonchev–Trinajstić information content (AvgIpc) is 3.05. The first-order valence-corrected chi connectivity index (χ1v) is 8.64. The highest BCUT2D eigenvalue weighted by Crippen LogP contribution is 2.19. The summed E-state index contributed by atoms with van der Waals surface area (Å²) >= 11 is 6.90. The highest BCUT2D eigenvalue weighted by Gasteiger charge is 2.16. The van der Waals surface area contributed by atoms with Gasteiger partial charge in [0.1, 0.15) is 17.1 Å². The van der Waals surface area contributed by atoms with Gasteiger partial charge in [0, 0.05) is 12.2 Å². The molecule has 0 spiro atoms. The van der Waals surface area contributed by atoms with Gasteiger partial charge in [-0.15, -0.1) is 11.3 Å². The normalized spacial score (nSPS) is 11.0. The van der Waals surface area contributed by atoms with Crippen molar-refractivity contribution in [2.45, 2.75) is 20.0 Å².